The summed E-state index contributed by atoms with van der Waals surface area (Å²) >= 11 is 6.00. The summed E-state index contributed by atoms with van der Waals surface area (Å²) < 4.78 is 4.81. The van der Waals surface area contributed by atoms with Crippen LogP contribution in [0.4, 0.5) is 0 Å². The van der Waals surface area contributed by atoms with Gasteiger partial charge in [-0.25, -0.2) is 4.79 Å². The number of halogens is 1. The lowest BCUT2D eigenvalue weighted by Gasteiger charge is -2.10. The molecule has 0 fully saturated rings. The Morgan fingerprint density at radius 3 is 2.17 bits per heavy atom. The number of benzene rings is 3. The Kier molecular flexibility index (Phi) is 11.4. The number of carbonyl (C=O) groups is 2. The van der Waals surface area contributed by atoms with Crippen molar-refractivity contribution in [2.24, 2.45) is 15.5 Å². The number of rotatable bonds is 13. The summed E-state index contributed by atoms with van der Waals surface area (Å²) in [6.45, 7) is 1.79. The van der Waals surface area contributed by atoms with E-state index < -0.39 is 5.97 Å². The van der Waals surface area contributed by atoms with E-state index in [2.05, 4.69) is 15.5 Å². The number of carbonyl (C=O) groups excluding carboxylic acids is 2. The molecule has 0 N–H and O–H groups in total. The summed E-state index contributed by atoms with van der Waals surface area (Å²) in [6, 6.07) is 21.6. The predicted molar refractivity (Wildman–Crippen MR) is 154 cm³/mol. The first-order valence-electron chi connectivity index (χ1n) is 12.3. The van der Waals surface area contributed by atoms with Crippen LogP contribution < -0.4 is 0 Å². The third kappa shape index (κ3) is 8.25. The van der Waals surface area contributed by atoms with Crippen molar-refractivity contribution in [3.05, 3.63) is 106 Å². The van der Waals surface area contributed by atoms with Gasteiger partial charge in [0, 0.05) is 33.7 Å². The molecule has 0 saturated heterocycles. The zero-order chi connectivity index (χ0) is 28.9. The van der Waals surface area contributed by atoms with Crippen molar-refractivity contribution in [2.45, 2.75) is 26.4 Å². The molecular formula is C30H30ClN3O6. The van der Waals surface area contributed by atoms with Crippen molar-refractivity contribution < 1.29 is 28.8 Å². The van der Waals surface area contributed by atoms with Gasteiger partial charge in [0.1, 0.15) is 32.2 Å². The van der Waals surface area contributed by atoms with Crippen LogP contribution in [-0.2, 0) is 37.1 Å². The predicted octanol–water partition coefficient (Wildman–Crippen LogP) is 5.62. The first-order valence-corrected chi connectivity index (χ1v) is 12.7. The van der Waals surface area contributed by atoms with Crippen LogP contribution in [-0.4, -0.2) is 50.2 Å². The summed E-state index contributed by atoms with van der Waals surface area (Å²) in [6.07, 6.45) is 0.944. The third-order valence-corrected chi connectivity index (χ3v) is 6.03. The number of aryl methyl sites for hydroxylation is 1. The zero-order valence-corrected chi connectivity index (χ0v) is 23.5. The van der Waals surface area contributed by atoms with Crippen LogP contribution in [0.1, 0.15) is 46.0 Å². The number of esters is 1. The fraction of sp³-hybridized carbons (Fsp3) is 0.233. The van der Waals surface area contributed by atoms with E-state index in [0.29, 0.717) is 46.0 Å². The van der Waals surface area contributed by atoms with Crippen LogP contribution in [0.3, 0.4) is 0 Å². The smallest absolute Gasteiger partial charge is 0.360 e. The molecule has 9 nitrogen and oxygen atoms in total. The second-order valence-electron chi connectivity index (χ2n) is 8.47. The van der Waals surface area contributed by atoms with Crippen LogP contribution in [0.25, 0.3) is 0 Å². The van der Waals surface area contributed by atoms with E-state index in [9.17, 15) is 9.59 Å². The van der Waals surface area contributed by atoms with Gasteiger partial charge in [-0.15, -0.1) is 0 Å². The lowest BCUT2D eigenvalue weighted by atomic mass is 10.00. The molecule has 10 heteroatoms. The second-order valence-corrected chi connectivity index (χ2v) is 8.91. The third-order valence-electron chi connectivity index (χ3n) is 5.80. The van der Waals surface area contributed by atoms with E-state index >= 15 is 0 Å². The minimum Gasteiger partial charge on any atom is -0.464 e. The van der Waals surface area contributed by atoms with Gasteiger partial charge in [-0.1, -0.05) is 87.7 Å². The van der Waals surface area contributed by atoms with Crippen LogP contribution in [0, 0.1) is 0 Å². The van der Waals surface area contributed by atoms with Crippen LogP contribution in [0.2, 0.25) is 5.02 Å². The molecule has 3 rings (SSSR count). The quantitative estimate of drug-likeness (QED) is 0.115. The van der Waals surface area contributed by atoms with Crippen molar-refractivity contribution in [2.75, 3.05) is 21.3 Å². The van der Waals surface area contributed by atoms with Crippen molar-refractivity contribution >= 4 is 40.5 Å². The highest BCUT2D eigenvalue weighted by Crippen LogP contribution is 2.16. The number of ketones is 1. The average Bonchev–Trinajstić information content (AvgIpc) is 2.97. The van der Waals surface area contributed by atoms with Gasteiger partial charge in [-0.05, 0) is 31.0 Å². The van der Waals surface area contributed by atoms with Gasteiger partial charge < -0.3 is 19.2 Å². The molecule has 0 aliphatic heterocycles. The standard InChI is InChI=1S/C30H30ClN3O6/c1-20(32-40-19-24-8-5-6-11-26(24)29(34-39-4)30(36)37-2)28(33-38-3)22-15-12-21(13-16-22)14-17-27(35)23-9-7-10-25(31)18-23/h5-13,15-16,18H,14,17,19H2,1-4H3/b32-20+,33-28-,34-29+. The van der Waals surface area contributed by atoms with Crippen LogP contribution in [0.15, 0.2) is 88.3 Å². The maximum absolute atomic E-state index is 12.5. The SMILES string of the molecule is CO/N=C(/C(C)=N/OCc1ccccc1/C(=N\OC)C(=O)OC)c1ccc(CCC(=O)c2cccc(Cl)c2)cc1. The monoisotopic (exact) mass is 563 g/mol. The van der Waals surface area contributed by atoms with Crippen molar-refractivity contribution in [3.8, 4) is 0 Å². The van der Waals surface area contributed by atoms with Crippen molar-refractivity contribution in [1.82, 2.24) is 0 Å². The van der Waals surface area contributed by atoms with E-state index in [1.807, 2.05) is 30.3 Å². The highest BCUT2D eigenvalue weighted by molar-refractivity contribution is 6.47. The Bertz CT molecular complexity index is 1420. The Morgan fingerprint density at radius 2 is 1.50 bits per heavy atom. The van der Waals surface area contributed by atoms with Gasteiger partial charge in [0.25, 0.3) is 0 Å². The number of Topliss-reactive ketones (excluding diaryl/α,β-unsaturated/α-hetero) is 1. The van der Waals surface area contributed by atoms with E-state index in [-0.39, 0.29) is 18.1 Å². The number of nitrogens with zero attached hydrogens (tertiary/aromatic N) is 3. The summed E-state index contributed by atoms with van der Waals surface area (Å²) in [5.41, 5.74) is 4.48. The molecule has 0 aliphatic carbocycles. The average molecular weight is 564 g/mol. The van der Waals surface area contributed by atoms with Gasteiger partial charge in [0.2, 0.25) is 0 Å². The lowest BCUT2D eigenvalue weighted by Crippen LogP contribution is -2.19. The van der Waals surface area contributed by atoms with E-state index in [4.69, 9.17) is 30.9 Å². The maximum Gasteiger partial charge on any atom is 0.360 e. The summed E-state index contributed by atoms with van der Waals surface area (Å²) in [7, 11) is 4.06. The molecule has 40 heavy (non-hydrogen) atoms. The molecule has 0 radical (unpaired) electrons. The highest BCUT2D eigenvalue weighted by Gasteiger charge is 2.19. The van der Waals surface area contributed by atoms with Gasteiger partial charge in [0.15, 0.2) is 11.5 Å². The van der Waals surface area contributed by atoms with E-state index in [1.165, 1.54) is 21.3 Å². The van der Waals surface area contributed by atoms with Gasteiger partial charge in [0.05, 0.1) is 7.11 Å². The Labute approximate surface area is 238 Å². The molecule has 0 amide bonds. The van der Waals surface area contributed by atoms with Crippen LogP contribution in [0.5, 0.6) is 0 Å². The molecular weight excluding hydrogens is 534 g/mol. The first-order chi connectivity index (χ1) is 19.4. The highest BCUT2D eigenvalue weighted by atomic mass is 35.5. The first kappa shape index (κ1) is 30.0. The number of oxime groups is 3. The number of methoxy groups -OCH3 is 1. The number of ether oxygens (including phenoxy) is 1. The number of hydrogen-bond donors (Lipinski definition) is 0. The molecule has 0 atom stereocenters. The largest absolute Gasteiger partial charge is 0.464 e. The Balaban J connectivity index is 1.69. The van der Waals surface area contributed by atoms with Crippen LogP contribution >= 0.6 is 11.6 Å². The lowest BCUT2D eigenvalue weighted by molar-refractivity contribution is -0.132. The molecule has 0 saturated carbocycles. The van der Waals surface area contributed by atoms with E-state index in [0.717, 1.165) is 11.1 Å². The Morgan fingerprint density at radius 1 is 0.800 bits per heavy atom. The van der Waals surface area contributed by atoms with Crippen molar-refractivity contribution in [3.63, 3.8) is 0 Å². The van der Waals surface area contributed by atoms with Crippen molar-refractivity contribution in [1.29, 1.82) is 0 Å². The van der Waals surface area contributed by atoms with E-state index in [1.54, 1.807) is 49.4 Å². The summed E-state index contributed by atoms with van der Waals surface area (Å²) in [4.78, 5) is 40.1. The second kappa shape index (κ2) is 15.2. The topological polar surface area (TPSA) is 108 Å². The molecule has 0 aliphatic rings. The minimum atomic E-state index is -0.638. The normalized spacial score (nSPS) is 12.1. The molecule has 0 spiro atoms. The Hall–Kier alpha value is -4.50. The molecule has 0 aromatic heterocycles. The summed E-state index contributed by atoms with van der Waals surface area (Å²) in [5, 5.41) is 12.7. The molecule has 0 bridgehead atoms. The maximum atomic E-state index is 12.5. The number of hydrogen-bond acceptors (Lipinski definition) is 9. The molecule has 208 valence electrons. The molecule has 3 aromatic rings. The zero-order valence-electron chi connectivity index (χ0n) is 22.7. The summed E-state index contributed by atoms with van der Waals surface area (Å²) in [5.74, 6) is -0.608. The minimum absolute atomic E-state index is 0.0147. The fourth-order valence-electron chi connectivity index (χ4n) is 3.82. The van der Waals surface area contributed by atoms with Gasteiger partial charge in [-0.2, -0.15) is 0 Å². The van der Waals surface area contributed by atoms with Gasteiger partial charge in [-0.3, -0.25) is 4.79 Å². The molecule has 3 aromatic carbocycles. The molecule has 0 heterocycles. The fourth-order valence-corrected chi connectivity index (χ4v) is 4.01. The molecule has 0 unspecified atom stereocenters. The van der Waals surface area contributed by atoms with Gasteiger partial charge >= 0.3 is 5.97 Å².